The number of nitrogens with one attached hydrogen (secondary N) is 2. The largest absolute Gasteiger partial charge is 0.495 e. The summed E-state index contributed by atoms with van der Waals surface area (Å²) in [5, 5.41) is 15.4. The number of hydrogen-bond acceptors (Lipinski definition) is 4. The highest BCUT2D eigenvalue weighted by molar-refractivity contribution is 6.31. The number of benzene rings is 2. The molecule has 5 nitrogen and oxygen atoms in total. The highest BCUT2D eigenvalue weighted by Gasteiger charge is 2.13. The monoisotopic (exact) mass is 355 g/mol. The summed E-state index contributed by atoms with van der Waals surface area (Å²) in [7, 11) is 1.49. The van der Waals surface area contributed by atoms with Crippen LogP contribution in [0.2, 0.25) is 5.02 Å². The molecule has 0 heterocycles. The number of methoxy groups -OCH3 is 1. The molecule has 1 atom stereocenters. The quantitative estimate of drug-likeness (QED) is 0.605. The van der Waals surface area contributed by atoms with E-state index in [1.165, 1.54) is 13.3 Å². The van der Waals surface area contributed by atoms with Gasteiger partial charge in [-0.3, -0.25) is 4.79 Å². The van der Waals surface area contributed by atoms with Gasteiger partial charge < -0.3 is 15.4 Å². The highest BCUT2D eigenvalue weighted by atomic mass is 35.5. The molecule has 0 saturated carbocycles. The van der Waals surface area contributed by atoms with Crippen LogP contribution in [-0.2, 0) is 4.79 Å². The standard InChI is InChI=1S/C19H18ClN3O2/c1-13(14-6-4-3-5-7-14)22-12-15(11-21)19(24)23-17-10-16(20)8-9-18(17)25-2/h3-10,12-13,22H,1-2H3,(H,23,24)/b15-12-. The molecule has 2 N–H and O–H groups in total. The van der Waals surface area contributed by atoms with Gasteiger partial charge in [-0.2, -0.15) is 5.26 Å². The highest BCUT2D eigenvalue weighted by Crippen LogP contribution is 2.28. The lowest BCUT2D eigenvalue weighted by molar-refractivity contribution is -0.112. The Kier molecular flexibility index (Phi) is 6.44. The molecular formula is C19H18ClN3O2. The van der Waals surface area contributed by atoms with E-state index in [9.17, 15) is 10.1 Å². The third kappa shape index (κ3) is 5.00. The second-order valence-corrected chi connectivity index (χ2v) is 5.70. The fraction of sp³-hybridized carbons (Fsp3) is 0.158. The second kappa shape index (κ2) is 8.76. The number of halogens is 1. The van der Waals surface area contributed by atoms with Crippen LogP contribution in [0.25, 0.3) is 0 Å². The SMILES string of the molecule is COc1ccc(Cl)cc1NC(=O)/C(C#N)=C\NC(C)c1ccccc1. The smallest absolute Gasteiger partial charge is 0.267 e. The van der Waals surface area contributed by atoms with Crippen LogP contribution in [0, 0.1) is 11.3 Å². The molecule has 0 spiro atoms. The van der Waals surface area contributed by atoms with Crippen molar-refractivity contribution >= 4 is 23.2 Å². The Morgan fingerprint density at radius 1 is 1.28 bits per heavy atom. The van der Waals surface area contributed by atoms with Gasteiger partial charge in [-0.1, -0.05) is 41.9 Å². The minimum Gasteiger partial charge on any atom is -0.495 e. The molecular weight excluding hydrogens is 338 g/mol. The van der Waals surface area contributed by atoms with Crippen molar-refractivity contribution in [3.63, 3.8) is 0 Å². The van der Waals surface area contributed by atoms with Crippen molar-refractivity contribution < 1.29 is 9.53 Å². The van der Waals surface area contributed by atoms with Crippen molar-refractivity contribution in [2.45, 2.75) is 13.0 Å². The minimum absolute atomic E-state index is 0.0435. The molecule has 0 aliphatic heterocycles. The molecule has 1 unspecified atom stereocenters. The maximum Gasteiger partial charge on any atom is 0.267 e. The second-order valence-electron chi connectivity index (χ2n) is 5.27. The lowest BCUT2D eigenvalue weighted by Gasteiger charge is -2.13. The number of amides is 1. The summed E-state index contributed by atoms with van der Waals surface area (Å²) < 4.78 is 5.18. The summed E-state index contributed by atoms with van der Waals surface area (Å²) in [5.41, 5.74) is 1.40. The van der Waals surface area contributed by atoms with Crippen molar-refractivity contribution in [1.82, 2.24) is 5.32 Å². The zero-order valence-corrected chi connectivity index (χ0v) is 14.7. The first-order valence-electron chi connectivity index (χ1n) is 7.61. The molecule has 2 aromatic rings. The van der Waals surface area contributed by atoms with Crippen LogP contribution in [0.15, 0.2) is 60.3 Å². The first-order valence-corrected chi connectivity index (χ1v) is 7.99. The number of ether oxygens (including phenoxy) is 1. The Morgan fingerprint density at radius 2 is 2.00 bits per heavy atom. The van der Waals surface area contributed by atoms with Crippen molar-refractivity contribution in [3.05, 3.63) is 70.9 Å². The Morgan fingerprint density at radius 3 is 2.64 bits per heavy atom. The van der Waals surface area contributed by atoms with Gasteiger partial charge in [0, 0.05) is 17.3 Å². The molecule has 0 aliphatic carbocycles. The average Bonchev–Trinajstić information content (AvgIpc) is 2.63. The van der Waals surface area contributed by atoms with E-state index in [0.717, 1.165) is 5.56 Å². The first-order chi connectivity index (χ1) is 12.0. The Labute approximate surface area is 151 Å². The van der Waals surface area contributed by atoms with Crippen LogP contribution >= 0.6 is 11.6 Å². The van der Waals surface area contributed by atoms with Gasteiger partial charge >= 0.3 is 0 Å². The molecule has 0 aliphatic rings. The van der Waals surface area contributed by atoms with Crippen LogP contribution in [0.4, 0.5) is 5.69 Å². The molecule has 0 radical (unpaired) electrons. The van der Waals surface area contributed by atoms with Gasteiger partial charge in [0.05, 0.1) is 12.8 Å². The van der Waals surface area contributed by atoms with E-state index in [1.807, 2.05) is 43.3 Å². The van der Waals surface area contributed by atoms with Crippen LogP contribution < -0.4 is 15.4 Å². The van der Waals surface area contributed by atoms with Crippen molar-refractivity contribution in [2.24, 2.45) is 0 Å². The molecule has 2 rings (SSSR count). The number of nitriles is 1. The Hall–Kier alpha value is -2.97. The predicted molar refractivity (Wildman–Crippen MR) is 98.3 cm³/mol. The normalized spacial score (nSPS) is 12.0. The molecule has 0 bridgehead atoms. The van der Waals surface area contributed by atoms with E-state index in [-0.39, 0.29) is 11.6 Å². The summed E-state index contributed by atoms with van der Waals surface area (Å²) in [4.78, 5) is 12.3. The topological polar surface area (TPSA) is 74.1 Å². The predicted octanol–water partition coefficient (Wildman–Crippen LogP) is 4.05. The van der Waals surface area contributed by atoms with Crippen LogP contribution in [-0.4, -0.2) is 13.0 Å². The summed E-state index contributed by atoms with van der Waals surface area (Å²) >= 11 is 5.94. The fourth-order valence-corrected chi connectivity index (χ4v) is 2.33. The van der Waals surface area contributed by atoms with Gasteiger partial charge in [0.15, 0.2) is 0 Å². The maximum atomic E-state index is 12.3. The molecule has 25 heavy (non-hydrogen) atoms. The molecule has 0 aromatic heterocycles. The van der Waals surface area contributed by atoms with Crippen molar-refractivity contribution in [2.75, 3.05) is 12.4 Å². The number of rotatable bonds is 6. The Bertz CT molecular complexity index is 813. The zero-order chi connectivity index (χ0) is 18.2. The molecule has 1 amide bonds. The van der Waals surface area contributed by atoms with E-state index in [0.29, 0.717) is 16.5 Å². The van der Waals surface area contributed by atoms with E-state index >= 15 is 0 Å². The average molecular weight is 356 g/mol. The zero-order valence-electron chi connectivity index (χ0n) is 13.9. The van der Waals surface area contributed by atoms with Gasteiger partial charge in [-0.15, -0.1) is 0 Å². The van der Waals surface area contributed by atoms with Crippen molar-refractivity contribution in [1.29, 1.82) is 5.26 Å². The number of carbonyl (C=O) groups is 1. The summed E-state index contributed by atoms with van der Waals surface area (Å²) in [6.45, 7) is 1.94. The molecule has 128 valence electrons. The van der Waals surface area contributed by atoms with Crippen LogP contribution in [0.5, 0.6) is 5.75 Å². The van der Waals surface area contributed by atoms with E-state index < -0.39 is 5.91 Å². The number of carbonyl (C=O) groups excluding carboxylic acids is 1. The van der Waals surface area contributed by atoms with E-state index in [2.05, 4.69) is 10.6 Å². The Balaban J connectivity index is 2.11. The van der Waals surface area contributed by atoms with Gasteiger partial charge in [-0.25, -0.2) is 0 Å². The molecule has 6 heteroatoms. The molecule has 2 aromatic carbocycles. The summed E-state index contributed by atoms with van der Waals surface area (Å²) in [5.74, 6) is -0.0866. The molecule has 0 fully saturated rings. The maximum absolute atomic E-state index is 12.3. The minimum atomic E-state index is -0.546. The van der Waals surface area contributed by atoms with Crippen molar-refractivity contribution in [3.8, 4) is 11.8 Å². The number of anilines is 1. The lowest BCUT2D eigenvalue weighted by atomic mass is 10.1. The first kappa shape index (κ1) is 18.4. The van der Waals surface area contributed by atoms with E-state index in [4.69, 9.17) is 16.3 Å². The fourth-order valence-electron chi connectivity index (χ4n) is 2.16. The van der Waals surface area contributed by atoms with Gasteiger partial charge in [0.25, 0.3) is 5.91 Å². The number of nitrogens with zero attached hydrogens (tertiary/aromatic N) is 1. The van der Waals surface area contributed by atoms with Gasteiger partial charge in [0.2, 0.25) is 0 Å². The lowest BCUT2D eigenvalue weighted by Crippen LogP contribution is -2.18. The summed E-state index contributed by atoms with van der Waals surface area (Å²) in [6.07, 6.45) is 1.41. The van der Waals surface area contributed by atoms with Crippen LogP contribution in [0.1, 0.15) is 18.5 Å². The third-order valence-electron chi connectivity index (χ3n) is 3.55. The van der Waals surface area contributed by atoms with Gasteiger partial charge in [-0.05, 0) is 30.7 Å². The van der Waals surface area contributed by atoms with Gasteiger partial charge in [0.1, 0.15) is 17.4 Å². The third-order valence-corrected chi connectivity index (χ3v) is 3.79. The summed E-state index contributed by atoms with van der Waals surface area (Å²) in [6, 6.07) is 16.4. The van der Waals surface area contributed by atoms with E-state index in [1.54, 1.807) is 18.2 Å². The molecule has 0 saturated heterocycles. The van der Waals surface area contributed by atoms with Crippen LogP contribution in [0.3, 0.4) is 0 Å². The number of hydrogen-bond donors (Lipinski definition) is 2.